The maximum Gasteiger partial charge on any atom is 0.316 e. The Hall–Kier alpha value is -3.46. The molecule has 3 aromatic rings. The third kappa shape index (κ3) is 5.31. The highest BCUT2D eigenvalue weighted by atomic mass is 16.5. The second kappa shape index (κ2) is 10.9. The van der Waals surface area contributed by atoms with Crippen LogP contribution in [0.1, 0.15) is 38.1 Å². The van der Waals surface area contributed by atoms with E-state index in [2.05, 4.69) is 49.6 Å². The van der Waals surface area contributed by atoms with Crippen molar-refractivity contribution >= 4 is 34.0 Å². The first-order chi connectivity index (χ1) is 16.0. The van der Waals surface area contributed by atoms with E-state index in [0.29, 0.717) is 34.7 Å². The Bertz CT molecular complexity index is 1100. The lowest BCUT2D eigenvalue weighted by Crippen LogP contribution is -2.54. The van der Waals surface area contributed by atoms with Gasteiger partial charge in [0.25, 0.3) is 5.91 Å². The third-order valence-electron chi connectivity index (χ3n) is 5.32. The molecule has 3 N–H and O–H groups in total. The average Bonchev–Trinajstić information content (AvgIpc) is 2.83. The molecule has 0 bridgehead atoms. The average molecular weight is 452 g/mol. The summed E-state index contributed by atoms with van der Waals surface area (Å²) >= 11 is 0. The number of anilines is 3. The van der Waals surface area contributed by atoms with Crippen molar-refractivity contribution in [2.45, 2.75) is 39.8 Å². The van der Waals surface area contributed by atoms with Gasteiger partial charge < -0.3 is 25.6 Å². The van der Waals surface area contributed by atoms with Crippen molar-refractivity contribution in [2.24, 2.45) is 0 Å². The van der Waals surface area contributed by atoms with E-state index < -0.39 is 0 Å². The topological polar surface area (TPSA) is 104 Å². The monoisotopic (exact) mass is 451 g/mol. The first kappa shape index (κ1) is 24.2. The van der Waals surface area contributed by atoms with E-state index in [0.717, 1.165) is 24.2 Å². The fourth-order valence-electron chi connectivity index (χ4n) is 4.07. The van der Waals surface area contributed by atoms with Crippen molar-refractivity contribution in [2.75, 3.05) is 42.8 Å². The lowest BCUT2D eigenvalue weighted by molar-refractivity contribution is 0.102. The Labute approximate surface area is 195 Å². The molecular formula is C24H33N7O2. The number of nitrogens with zero attached hydrogens (tertiary/aromatic N) is 4. The Morgan fingerprint density at radius 3 is 2.55 bits per heavy atom. The van der Waals surface area contributed by atoms with E-state index in [4.69, 9.17) is 4.74 Å². The molecular weight excluding hydrogens is 418 g/mol. The zero-order valence-corrected chi connectivity index (χ0v) is 20.1. The predicted octanol–water partition coefficient (Wildman–Crippen LogP) is 3.54. The standard InChI is InChI=1S/C22H27N7O2.C2H6/c1-13-11-29(12-14(2)26-13)18-8-7-15(19-16(18)10-25-22(28-19)31-4)21(30)27-17-6-5-9-24-20(17)23-3;1-2/h5-10,13-14,26H,11-12H2,1-4H3,(H,23,24)(H,27,30);1-2H3. The van der Waals surface area contributed by atoms with Gasteiger partial charge in [0.2, 0.25) is 0 Å². The van der Waals surface area contributed by atoms with E-state index in [9.17, 15) is 4.79 Å². The van der Waals surface area contributed by atoms with Crippen LogP contribution in [0.2, 0.25) is 0 Å². The Morgan fingerprint density at radius 2 is 1.88 bits per heavy atom. The van der Waals surface area contributed by atoms with Gasteiger partial charge in [0.15, 0.2) is 0 Å². The molecule has 176 valence electrons. The molecule has 1 aromatic carbocycles. The summed E-state index contributed by atoms with van der Waals surface area (Å²) in [5.41, 5.74) is 2.60. The van der Waals surface area contributed by atoms with Crippen LogP contribution >= 0.6 is 0 Å². The Morgan fingerprint density at radius 1 is 1.15 bits per heavy atom. The van der Waals surface area contributed by atoms with Crippen LogP contribution in [0.15, 0.2) is 36.7 Å². The number of ether oxygens (including phenoxy) is 1. The van der Waals surface area contributed by atoms with Crippen molar-refractivity contribution in [3.8, 4) is 6.01 Å². The summed E-state index contributed by atoms with van der Waals surface area (Å²) in [5, 5.41) is 10.3. The summed E-state index contributed by atoms with van der Waals surface area (Å²) in [6.45, 7) is 10.1. The molecule has 2 atom stereocenters. The first-order valence-corrected chi connectivity index (χ1v) is 11.3. The summed E-state index contributed by atoms with van der Waals surface area (Å²) in [7, 11) is 3.27. The van der Waals surface area contributed by atoms with Crippen LogP contribution in [0.3, 0.4) is 0 Å². The number of amides is 1. The molecule has 9 nitrogen and oxygen atoms in total. The molecule has 0 aliphatic carbocycles. The lowest BCUT2D eigenvalue weighted by atomic mass is 10.0. The third-order valence-corrected chi connectivity index (χ3v) is 5.32. The van der Waals surface area contributed by atoms with Gasteiger partial charge in [0.05, 0.1) is 23.9 Å². The number of hydrogen-bond acceptors (Lipinski definition) is 8. The van der Waals surface area contributed by atoms with Crippen molar-refractivity contribution in [1.29, 1.82) is 0 Å². The van der Waals surface area contributed by atoms with Crippen LogP contribution in [-0.2, 0) is 0 Å². The van der Waals surface area contributed by atoms with Gasteiger partial charge in [-0.1, -0.05) is 13.8 Å². The summed E-state index contributed by atoms with van der Waals surface area (Å²) in [4.78, 5) is 28.6. The Balaban J connectivity index is 0.00000149. The number of hydrogen-bond donors (Lipinski definition) is 3. The molecule has 1 aliphatic rings. The number of methoxy groups -OCH3 is 1. The highest BCUT2D eigenvalue weighted by Gasteiger charge is 2.24. The maximum atomic E-state index is 13.2. The molecule has 2 unspecified atom stereocenters. The maximum absolute atomic E-state index is 13.2. The van der Waals surface area contributed by atoms with Crippen molar-refractivity contribution in [3.63, 3.8) is 0 Å². The number of carbonyl (C=O) groups excluding carboxylic acids is 1. The molecule has 0 saturated carbocycles. The van der Waals surface area contributed by atoms with E-state index in [1.165, 1.54) is 7.11 Å². The van der Waals surface area contributed by atoms with E-state index >= 15 is 0 Å². The minimum absolute atomic E-state index is 0.220. The summed E-state index contributed by atoms with van der Waals surface area (Å²) < 4.78 is 5.23. The van der Waals surface area contributed by atoms with Gasteiger partial charge in [0.1, 0.15) is 5.82 Å². The lowest BCUT2D eigenvalue weighted by Gasteiger charge is -2.38. The van der Waals surface area contributed by atoms with Crippen LogP contribution in [0.25, 0.3) is 10.9 Å². The van der Waals surface area contributed by atoms with Gasteiger partial charge in [-0.15, -0.1) is 0 Å². The quantitative estimate of drug-likeness (QED) is 0.541. The number of piperazine rings is 1. The summed E-state index contributed by atoms with van der Waals surface area (Å²) in [6, 6.07) is 8.28. The van der Waals surface area contributed by atoms with Crippen molar-refractivity contribution in [1.82, 2.24) is 20.3 Å². The number of pyridine rings is 1. The molecule has 1 saturated heterocycles. The number of fused-ring (bicyclic) bond motifs is 1. The number of carbonyl (C=O) groups is 1. The van der Waals surface area contributed by atoms with Crippen LogP contribution in [-0.4, -0.2) is 60.2 Å². The highest BCUT2D eigenvalue weighted by Crippen LogP contribution is 2.31. The zero-order valence-electron chi connectivity index (χ0n) is 20.1. The number of nitrogens with one attached hydrogen (secondary N) is 3. The summed E-state index contributed by atoms with van der Waals surface area (Å²) in [5.74, 6) is 0.316. The Kier molecular flexibility index (Phi) is 8.00. The van der Waals surface area contributed by atoms with Gasteiger partial charge in [-0.3, -0.25) is 4.79 Å². The molecule has 0 spiro atoms. The molecule has 3 heterocycles. The van der Waals surface area contributed by atoms with Gasteiger partial charge in [-0.2, -0.15) is 4.98 Å². The largest absolute Gasteiger partial charge is 0.467 e. The highest BCUT2D eigenvalue weighted by molar-refractivity contribution is 6.14. The smallest absolute Gasteiger partial charge is 0.316 e. The second-order valence-corrected chi connectivity index (χ2v) is 7.73. The van der Waals surface area contributed by atoms with Crippen molar-refractivity contribution in [3.05, 3.63) is 42.2 Å². The van der Waals surface area contributed by atoms with E-state index in [-0.39, 0.29) is 11.9 Å². The molecule has 9 heteroatoms. The molecule has 1 aliphatic heterocycles. The van der Waals surface area contributed by atoms with E-state index in [1.807, 2.05) is 26.0 Å². The molecule has 1 amide bonds. The van der Waals surface area contributed by atoms with Crippen LogP contribution in [0.4, 0.5) is 17.2 Å². The molecule has 33 heavy (non-hydrogen) atoms. The molecule has 1 fully saturated rings. The predicted molar refractivity (Wildman–Crippen MR) is 133 cm³/mol. The fourth-order valence-corrected chi connectivity index (χ4v) is 4.07. The minimum Gasteiger partial charge on any atom is -0.467 e. The van der Waals surface area contributed by atoms with Crippen molar-refractivity contribution < 1.29 is 9.53 Å². The van der Waals surface area contributed by atoms with Crippen LogP contribution < -0.4 is 25.6 Å². The van der Waals surface area contributed by atoms with Gasteiger partial charge in [0, 0.05) is 55.7 Å². The van der Waals surface area contributed by atoms with Crippen LogP contribution in [0.5, 0.6) is 6.01 Å². The number of rotatable bonds is 5. The number of benzene rings is 1. The molecule has 2 aromatic heterocycles. The SMILES string of the molecule is CC.CNc1ncccc1NC(=O)c1ccc(N2CC(C)NC(C)C2)c2cnc(OC)nc12. The van der Waals surface area contributed by atoms with Gasteiger partial charge in [-0.25, -0.2) is 9.97 Å². The normalized spacial score (nSPS) is 17.7. The second-order valence-electron chi connectivity index (χ2n) is 7.73. The van der Waals surface area contributed by atoms with Gasteiger partial charge >= 0.3 is 6.01 Å². The van der Waals surface area contributed by atoms with Crippen LogP contribution in [0, 0.1) is 0 Å². The number of aromatic nitrogens is 3. The minimum atomic E-state index is -0.274. The summed E-state index contributed by atoms with van der Waals surface area (Å²) in [6.07, 6.45) is 3.40. The zero-order chi connectivity index (χ0) is 24.0. The first-order valence-electron chi connectivity index (χ1n) is 11.3. The fraction of sp³-hybridized carbons (Fsp3) is 0.417. The molecule has 4 rings (SSSR count). The van der Waals surface area contributed by atoms with E-state index in [1.54, 1.807) is 31.6 Å². The van der Waals surface area contributed by atoms with Gasteiger partial charge in [-0.05, 0) is 38.1 Å². The molecule has 0 radical (unpaired) electrons.